The summed E-state index contributed by atoms with van der Waals surface area (Å²) in [7, 11) is -3.13. The normalized spacial score (nSPS) is 25.4. The molecule has 150 valence electrons. The Morgan fingerprint density at radius 2 is 1.97 bits per heavy atom. The van der Waals surface area contributed by atoms with Crippen LogP contribution < -0.4 is 14.4 Å². The van der Waals surface area contributed by atoms with Crippen molar-refractivity contribution in [3.63, 3.8) is 0 Å². The highest BCUT2D eigenvalue weighted by molar-refractivity contribution is 8.16. The lowest BCUT2D eigenvalue weighted by molar-refractivity contribution is 0.100. The van der Waals surface area contributed by atoms with E-state index in [0.29, 0.717) is 32.9 Å². The van der Waals surface area contributed by atoms with E-state index < -0.39 is 15.7 Å². The molecule has 2 aromatic rings. The topological polar surface area (TPSA) is 85.3 Å². The second kappa shape index (κ2) is 6.93. The highest BCUT2D eigenvalue weighted by Crippen LogP contribution is 2.41. The van der Waals surface area contributed by atoms with Gasteiger partial charge in [0.05, 0.1) is 17.5 Å². The maximum absolute atomic E-state index is 12.8. The van der Waals surface area contributed by atoms with Crippen LogP contribution >= 0.6 is 23.4 Å². The molecule has 2 saturated heterocycles. The highest BCUT2D eigenvalue weighted by Gasteiger charge is 2.49. The third-order valence-corrected chi connectivity index (χ3v) is 8.41. The van der Waals surface area contributed by atoms with Gasteiger partial charge in [0.15, 0.2) is 26.5 Å². The van der Waals surface area contributed by atoms with E-state index in [1.165, 1.54) is 11.8 Å². The van der Waals surface area contributed by atoms with Crippen LogP contribution in [-0.2, 0) is 9.84 Å². The Bertz CT molecular complexity index is 1150. The van der Waals surface area contributed by atoms with Gasteiger partial charge in [-0.15, -0.1) is 0 Å². The number of carbonyl (C=O) groups is 1. The van der Waals surface area contributed by atoms with Gasteiger partial charge in [-0.3, -0.25) is 4.79 Å². The zero-order valence-corrected chi connectivity index (χ0v) is 17.3. The molecule has 5 rings (SSSR count). The number of amidine groups is 1. The molecule has 29 heavy (non-hydrogen) atoms. The van der Waals surface area contributed by atoms with Crippen molar-refractivity contribution in [2.24, 2.45) is 4.99 Å². The number of benzene rings is 2. The molecule has 2 fully saturated rings. The summed E-state index contributed by atoms with van der Waals surface area (Å²) in [4.78, 5) is 19.0. The van der Waals surface area contributed by atoms with Crippen molar-refractivity contribution in [2.45, 2.75) is 11.3 Å². The van der Waals surface area contributed by atoms with Crippen molar-refractivity contribution in [3.8, 4) is 11.5 Å². The molecule has 2 atom stereocenters. The lowest BCUT2D eigenvalue weighted by Crippen LogP contribution is -2.37. The standard InChI is InChI=1S/C19H15ClN2O5S2/c20-12-2-1-3-13(7-12)22-14-8-29(24,25)9-17(14)28-19(22)21-18(23)11-4-5-15-16(6-11)27-10-26-15/h1-7,14,17H,8-10H2/t14-,17-/m0/s1. The molecule has 0 bridgehead atoms. The average Bonchev–Trinajstić information content (AvgIpc) is 3.32. The maximum atomic E-state index is 12.8. The molecule has 0 spiro atoms. The number of hydrogen-bond acceptors (Lipinski definition) is 6. The van der Waals surface area contributed by atoms with Crippen LogP contribution in [0.5, 0.6) is 11.5 Å². The summed E-state index contributed by atoms with van der Waals surface area (Å²) in [6, 6.07) is 11.7. The average molecular weight is 451 g/mol. The van der Waals surface area contributed by atoms with Gasteiger partial charge in [0, 0.05) is 21.5 Å². The summed E-state index contributed by atoms with van der Waals surface area (Å²) in [5, 5.41) is 0.820. The number of sulfone groups is 1. The first-order valence-corrected chi connectivity index (χ1v) is 11.9. The smallest absolute Gasteiger partial charge is 0.279 e. The van der Waals surface area contributed by atoms with E-state index in [4.69, 9.17) is 21.1 Å². The van der Waals surface area contributed by atoms with Crippen molar-refractivity contribution in [3.05, 3.63) is 53.1 Å². The van der Waals surface area contributed by atoms with Gasteiger partial charge in [-0.1, -0.05) is 29.4 Å². The zero-order valence-electron chi connectivity index (χ0n) is 14.9. The Morgan fingerprint density at radius 3 is 2.79 bits per heavy atom. The number of halogens is 1. The second-order valence-electron chi connectivity index (χ2n) is 6.92. The van der Waals surface area contributed by atoms with Crippen LogP contribution in [-0.4, -0.2) is 49.1 Å². The third-order valence-electron chi connectivity index (χ3n) is 4.97. The van der Waals surface area contributed by atoms with Gasteiger partial charge < -0.3 is 14.4 Å². The Labute approximate surface area is 176 Å². The minimum atomic E-state index is -3.13. The lowest BCUT2D eigenvalue weighted by Gasteiger charge is -2.24. The van der Waals surface area contributed by atoms with E-state index in [1.807, 2.05) is 11.0 Å². The fourth-order valence-corrected chi connectivity index (χ4v) is 7.77. The fourth-order valence-electron chi connectivity index (χ4n) is 3.67. The number of carbonyl (C=O) groups excluding carboxylic acids is 1. The Balaban J connectivity index is 1.51. The molecule has 0 aromatic heterocycles. The Morgan fingerprint density at radius 1 is 1.14 bits per heavy atom. The Kier molecular flexibility index (Phi) is 4.49. The molecule has 0 radical (unpaired) electrons. The van der Waals surface area contributed by atoms with E-state index in [1.54, 1.807) is 36.4 Å². The number of ether oxygens (including phenoxy) is 2. The SMILES string of the molecule is O=C(N=C1S[C@H]2CS(=O)(=O)C[C@@H]2N1c1cccc(Cl)c1)c1ccc2c(c1)OCO2. The van der Waals surface area contributed by atoms with Crippen LogP contribution in [0.25, 0.3) is 0 Å². The molecular formula is C19H15ClN2O5S2. The number of anilines is 1. The van der Waals surface area contributed by atoms with Crippen molar-refractivity contribution in [1.82, 2.24) is 0 Å². The third kappa shape index (κ3) is 3.47. The summed E-state index contributed by atoms with van der Waals surface area (Å²) in [5.74, 6) is 0.751. The number of thioether (sulfide) groups is 1. The number of hydrogen-bond donors (Lipinski definition) is 0. The van der Waals surface area contributed by atoms with Crippen LogP contribution in [0.15, 0.2) is 47.5 Å². The molecule has 3 aliphatic heterocycles. The fraction of sp³-hybridized carbons (Fsp3) is 0.263. The molecule has 0 N–H and O–H groups in total. The van der Waals surface area contributed by atoms with Gasteiger partial charge in [0.2, 0.25) is 6.79 Å². The van der Waals surface area contributed by atoms with Crippen LogP contribution in [0.2, 0.25) is 5.02 Å². The quantitative estimate of drug-likeness (QED) is 0.695. The van der Waals surface area contributed by atoms with E-state index in [0.717, 1.165) is 0 Å². The van der Waals surface area contributed by atoms with Crippen LogP contribution in [0.1, 0.15) is 10.4 Å². The maximum Gasteiger partial charge on any atom is 0.279 e. The van der Waals surface area contributed by atoms with Gasteiger partial charge in [-0.2, -0.15) is 4.99 Å². The molecule has 0 saturated carbocycles. The molecule has 7 nitrogen and oxygen atoms in total. The highest BCUT2D eigenvalue weighted by atomic mass is 35.5. The first-order chi connectivity index (χ1) is 13.9. The van der Waals surface area contributed by atoms with Crippen molar-refractivity contribution in [2.75, 3.05) is 23.2 Å². The monoisotopic (exact) mass is 450 g/mol. The van der Waals surface area contributed by atoms with E-state index in [-0.39, 0.29) is 29.6 Å². The molecular weight excluding hydrogens is 436 g/mol. The summed E-state index contributed by atoms with van der Waals surface area (Å²) in [5.41, 5.74) is 1.09. The van der Waals surface area contributed by atoms with Crippen molar-refractivity contribution >= 4 is 50.0 Å². The van der Waals surface area contributed by atoms with Gasteiger partial charge in [0.25, 0.3) is 5.91 Å². The van der Waals surface area contributed by atoms with Gasteiger partial charge >= 0.3 is 0 Å². The first-order valence-electron chi connectivity index (χ1n) is 8.84. The molecule has 0 unspecified atom stereocenters. The summed E-state index contributed by atoms with van der Waals surface area (Å²) in [6.45, 7) is 0.123. The number of fused-ring (bicyclic) bond motifs is 2. The molecule has 1 amide bonds. The van der Waals surface area contributed by atoms with Gasteiger partial charge in [-0.05, 0) is 36.4 Å². The summed E-state index contributed by atoms with van der Waals surface area (Å²) >= 11 is 7.46. The van der Waals surface area contributed by atoms with Crippen molar-refractivity contribution in [1.29, 1.82) is 0 Å². The largest absolute Gasteiger partial charge is 0.454 e. The number of aliphatic imine (C=N–C) groups is 1. The molecule has 3 heterocycles. The predicted molar refractivity (Wildman–Crippen MR) is 112 cm³/mol. The second-order valence-corrected chi connectivity index (χ2v) is 10.7. The molecule has 0 aliphatic carbocycles. The molecule has 2 aromatic carbocycles. The Hall–Kier alpha value is -2.23. The van der Waals surface area contributed by atoms with Crippen molar-refractivity contribution < 1.29 is 22.7 Å². The van der Waals surface area contributed by atoms with Crippen LogP contribution in [0, 0.1) is 0 Å². The zero-order chi connectivity index (χ0) is 20.2. The van der Waals surface area contributed by atoms with E-state index >= 15 is 0 Å². The lowest BCUT2D eigenvalue weighted by atomic mass is 10.2. The predicted octanol–water partition coefficient (Wildman–Crippen LogP) is 2.98. The van der Waals surface area contributed by atoms with E-state index in [2.05, 4.69) is 4.99 Å². The summed E-state index contributed by atoms with van der Waals surface area (Å²) < 4.78 is 34.9. The minimum absolute atomic E-state index is 0.0222. The number of rotatable bonds is 2. The summed E-state index contributed by atoms with van der Waals surface area (Å²) in [6.07, 6.45) is 0. The van der Waals surface area contributed by atoms with Gasteiger partial charge in [-0.25, -0.2) is 8.42 Å². The van der Waals surface area contributed by atoms with Gasteiger partial charge in [0.1, 0.15) is 0 Å². The van der Waals surface area contributed by atoms with Crippen LogP contribution in [0.3, 0.4) is 0 Å². The number of nitrogens with zero attached hydrogens (tertiary/aromatic N) is 2. The molecule has 10 heteroatoms. The van der Waals surface area contributed by atoms with E-state index in [9.17, 15) is 13.2 Å². The van der Waals surface area contributed by atoms with Crippen LogP contribution in [0.4, 0.5) is 5.69 Å². The molecule has 3 aliphatic rings. The number of amides is 1. The minimum Gasteiger partial charge on any atom is -0.454 e. The first kappa shape index (κ1) is 18.8.